The van der Waals surface area contributed by atoms with Gasteiger partial charge < -0.3 is 4.98 Å². The van der Waals surface area contributed by atoms with Crippen LogP contribution >= 0.6 is 11.6 Å². The number of aromatic amines is 1. The van der Waals surface area contributed by atoms with Crippen LogP contribution in [0.4, 0.5) is 0 Å². The van der Waals surface area contributed by atoms with Crippen LogP contribution < -0.4 is 0 Å². The monoisotopic (exact) mass is 291 g/mol. The molecule has 1 N–H and O–H groups in total. The van der Waals surface area contributed by atoms with Gasteiger partial charge in [-0.15, -0.1) is 0 Å². The molecule has 0 spiro atoms. The second-order valence-corrected chi connectivity index (χ2v) is 6.51. The first-order chi connectivity index (χ1) is 9.09. The Kier molecular flexibility index (Phi) is 2.84. The summed E-state index contributed by atoms with van der Waals surface area (Å²) < 4.78 is 25.1. The van der Waals surface area contributed by atoms with E-state index in [-0.39, 0.29) is 9.79 Å². The number of benzene rings is 2. The Morgan fingerprint density at radius 2 is 1.74 bits per heavy atom. The summed E-state index contributed by atoms with van der Waals surface area (Å²) in [5.41, 5.74) is 0.710. The molecule has 3 aromatic rings. The van der Waals surface area contributed by atoms with Gasteiger partial charge in [0.25, 0.3) is 0 Å². The average Bonchev–Trinajstić information content (AvgIpc) is 2.83. The molecule has 1 aromatic heterocycles. The Morgan fingerprint density at radius 3 is 2.47 bits per heavy atom. The number of hydrogen-bond donors (Lipinski definition) is 1. The van der Waals surface area contributed by atoms with E-state index in [1.807, 2.05) is 0 Å². The van der Waals surface area contributed by atoms with Gasteiger partial charge in [-0.2, -0.15) is 0 Å². The van der Waals surface area contributed by atoms with Crippen LogP contribution in [0.5, 0.6) is 0 Å². The Morgan fingerprint density at radius 1 is 1.00 bits per heavy atom. The molecule has 5 heteroatoms. The minimum atomic E-state index is -3.51. The quantitative estimate of drug-likeness (QED) is 0.783. The van der Waals surface area contributed by atoms with Crippen LogP contribution in [0.25, 0.3) is 10.9 Å². The third kappa shape index (κ3) is 2.03. The normalized spacial score (nSPS) is 11.8. The van der Waals surface area contributed by atoms with Crippen LogP contribution in [0, 0.1) is 0 Å². The van der Waals surface area contributed by atoms with Gasteiger partial charge in [0.05, 0.1) is 9.79 Å². The van der Waals surface area contributed by atoms with Crippen molar-refractivity contribution in [2.75, 3.05) is 0 Å². The maximum Gasteiger partial charge on any atom is 0.208 e. The molecule has 96 valence electrons. The number of H-pyrrole nitrogens is 1. The number of hydrogen-bond acceptors (Lipinski definition) is 2. The van der Waals surface area contributed by atoms with E-state index < -0.39 is 9.84 Å². The first kappa shape index (κ1) is 12.3. The van der Waals surface area contributed by atoms with Gasteiger partial charge in [0.2, 0.25) is 9.84 Å². The van der Waals surface area contributed by atoms with E-state index in [1.165, 1.54) is 6.20 Å². The minimum absolute atomic E-state index is 0.269. The van der Waals surface area contributed by atoms with Gasteiger partial charge in [-0.05, 0) is 24.3 Å². The third-order valence-corrected chi connectivity index (χ3v) is 4.99. The maximum absolute atomic E-state index is 12.5. The largest absolute Gasteiger partial charge is 0.360 e. The first-order valence-electron chi connectivity index (χ1n) is 5.66. The van der Waals surface area contributed by atoms with Crippen molar-refractivity contribution in [1.82, 2.24) is 4.98 Å². The number of sulfone groups is 1. The highest BCUT2D eigenvalue weighted by molar-refractivity contribution is 7.91. The summed E-state index contributed by atoms with van der Waals surface area (Å²) in [5.74, 6) is 0. The molecule has 0 unspecified atom stereocenters. The van der Waals surface area contributed by atoms with E-state index in [0.29, 0.717) is 15.9 Å². The van der Waals surface area contributed by atoms with Crippen LogP contribution in [-0.4, -0.2) is 13.4 Å². The summed E-state index contributed by atoms with van der Waals surface area (Å²) in [6.45, 7) is 0. The van der Waals surface area contributed by atoms with E-state index >= 15 is 0 Å². The average molecular weight is 292 g/mol. The lowest BCUT2D eigenvalue weighted by atomic mass is 10.2. The Hall–Kier alpha value is -1.78. The molecule has 0 amide bonds. The molecule has 0 fully saturated rings. The van der Waals surface area contributed by atoms with Crippen molar-refractivity contribution >= 4 is 32.3 Å². The molecule has 0 saturated heterocycles. The molecule has 0 saturated carbocycles. The standard InChI is InChI=1S/C14H10ClNO2S/c15-10-6-7-12-13(8-10)16-9-14(12)19(17,18)11-4-2-1-3-5-11/h1-9,16H. The number of nitrogens with one attached hydrogen (secondary N) is 1. The number of rotatable bonds is 2. The predicted octanol–water partition coefficient (Wildman–Crippen LogP) is 3.65. The summed E-state index contributed by atoms with van der Waals surface area (Å²) in [4.78, 5) is 3.49. The molecule has 0 radical (unpaired) electrons. The lowest BCUT2D eigenvalue weighted by molar-refractivity contribution is 0.597. The molecular formula is C14H10ClNO2S. The molecule has 0 aliphatic heterocycles. The lowest BCUT2D eigenvalue weighted by Gasteiger charge is -2.02. The van der Waals surface area contributed by atoms with Gasteiger partial charge in [0.1, 0.15) is 0 Å². The van der Waals surface area contributed by atoms with Crippen LogP contribution in [-0.2, 0) is 9.84 Å². The molecule has 2 aromatic carbocycles. The fraction of sp³-hybridized carbons (Fsp3) is 0. The van der Waals surface area contributed by atoms with Crippen molar-refractivity contribution in [3.63, 3.8) is 0 Å². The van der Waals surface area contributed by atoms with Crippen molar-refractivity contribution in [1.29, 1.82) is 0 Å². The first-order valence-corrected chi connectivity index (χ1v) is 7.52. The fourth-order valence-electron chi connectivity index (χ4n) is 2.02. The molecule has 3 nitrogen and oxygen atoms in total. The summed E-state index contributed by atoms with van der Waals surface area (Å²) in [7, 11) is -3.51. The third-order valence-electron chi connectivity index (χ3n) is 2.95. The van der Waals surface area contributed by atoms with Crippen LogP contribution in [0.2, 0.25) is 5.02 Å². The Balaban J connectivity index is 2.25. The van der Waals surface area contributed by atoms with Gasteiger partial charge in [0.15, 0.2) is 0 Å². The number of aromatic nitrogens is 1. The van der Waals surface area contributed by atoms with Gasteiger partial charge in [-0.1, -0.05) is 35.9 Å². The Bertz CT molecular complexity index is 838. The maximum atomic E-state index is 12.5. The van der Waals surface area contributed by atoms with Crippen LogP contribution in [0.15, 0.2) is 64.5 Å². The topological polar surface area (TPSA) is 49.9 Å². The van der Waals surface area contributed by atoms with E-state index in [9.17, 15) is 8.42 Å². The lowest BCUT2D eigenvalue weighted by Crippen LogP contribution is -2.00. The van der Waals surface area contributed by atoms with E-state index in [0.717, 1.165) is 0 Å². The zero-order chi connectivity index (χ0) is 13.5. The Labute approximate surface area is 115 Å². The fourth-order valence-corrected chi connectivity index (χ4v) is 3.64. The second-order valence-electron chi connectivity index (χ2n) is 4.16. The molecule has 19 heavy (non-hydrogen) atoms. The molecule has 0 bridgehead atoms. The molecular weight excluding hydrogens is 282 g/mol. The van der Waals surface area contributed by atoms with Crippen molar-refractivity contribution in [3.8, 4) is 0 Å². The predicted molar refractivity (Wildman–Crippen MR) is 75.2 cm³/mol. The highest BCUT2D eigenvalue weighted by Crippen LogP contribution is 2.29. The second kappa shape index (κ2) is 4.40. The van der Waals surface area contributed by atoms with Gasteiger partial charge in [0, 0.05) is 22.1 Å². The number of fused-ring (bicyclic) bond motifs is 1. The van der Waals surface area contributed by atoms with Crippen molar-refractivity contribution in [2.24, 2.45) is 0 Å². The molecule has 1 heterocycles. The number of halogens is 1. The van der Waals surface area contributed by atoms with Gasteiger partial charge in [-0.25, -0.2) is 8.42 Å². The van der Waals surface area contributed by atoms with E-state index in [2.05, 4.69) is 4.98 Å². The van der Waals surface area contributed by atoms with Crippen molar-refractivity contribution in [2.45, 2.75) is 9.79 Å². The van der Waals surface area contributed by atoms with Crippen LogP contribution in [0.1, 0.15) is 0 Å². The summed E-state index contributed by atoms with van der Waals surface area (Å²) in [5, 5.41) is 1.21. The SMILES string of the molecule is O=S(=O)(c1ccccc1)c1c[nH]c2cc(Cl)ccc12. The summed E-state index contributed by atoms with van der Waals surface area (Å²) in [6.07, 6.45) is 1.50. The molecule has 0 atom stereocenters. The molecule has 3 rings (SSSR count). The highest BCUT2D eigenvalue weighted by atomic mass is 35.5. The van der Waals surface area contributed by atoms with E-state index in [1.54, 1.807) is 48.5 Å². The highest BCUT2D eigenvalue weighted by Gasteiger charge is 2.21. The van der Waals surface area contributed by atoms with Crippen LogP contribution in [0.3, 0.4) is 0 Å². The summed E-state index contributed by atoms with van der Waals surface area (Å²) >= 11 is 5.89. The molecule has 0 aliphatic carbocycles. The molecule has 0 aliphatic rings. The zero-order valence-electron chi connectivity index (χ0n) is 9.80. The van der Waals surface area contributed by atoms with Gasteiger partial charge >= 0.3 is 0 Å². The van der Waals surface area contributed by atoms with E-state index in [4.69, 9.17) is 11.6 Å². The van der Waals surface area contributed by atoms with Crippen molar-refractivity contribution < 1.29 is 8.42 Å². The minimum Gasteiger partial charge on any atom is -0.360 e. The van der Waals surface area contributed by atoms with Crippen molar-refractivity contribution in [3.05, 3.63) is 59.8 Å². The van der Waals surface area contributed by atoms with Gasteiger partial charge in [-0.3, -0.25) is 0 Å². The smallest absolute Gasteiger partial charge is 0.208 e. The zero-order valence-corrected chi connectivity index (χ0v) is 11.4. The summed E-state index contributed by atoms with van der Waals surface area (Å²) in [6, 6.07) is 13.5.